The lowest BCUT2D eigenvalue weighted by atomic mass is 9.96. The van der Waals surface area contributed by atoms with Gasteiger partial charge in [0.2, 0.25) is 0 Å². The van der Waals surface area contributed by atoms with Crippen LogP contribution in [-0.2, 0) is 5.41 Å². The molecule has 2 aromatic rings. The highest BCUT2D eigenvalue weighted by atomic mass is 127. The van der Waals surface area contributed by atoms with Crippen LogP contribution in [0, 0.1) is 0 Å². The highest BCUT2D eigenvalue weighted by Crippen LogP contribution is 2.49. The van der Waals surface area contributed by atoms with Gasteiger partial charge in [-0.3, -0.25) is 4.99 Å². The molecule has 122 valence electrons. The van der Waals surface area contributed by atoms with Crippen LogP contribution in [0.5, 0.6) is 5.75 Å². The van der Waals surface area contributed by atoms with Crippen LogP contribution in [0.1, 0.15) is 18.4 Å². The molecule has 0 saturated heterocycles. The molecule has 1 aromatic heterocycles. The number of nitrogens with zero attached hydrogens (tertiary/aromatic N) is 2. The largest absolute Gasteiger partial charge is 0.497 e. The molecule has 1 aliphatic carbocycles. The van der Waals surface area contributed by atoms with Gasteiger partial charge in [-0.15, -0.1) is 24.0 Å². The van der Waals surface area contributed by atoms with Crippen LogP contribution in [0.4, 0.5) is 5.82 Å². The van der Waals surface area contributed by atoms with Crippen molar-refractivity contribution in [2.75, 3.05) is 19.0 Å². The second-order valence-corrected chi connectivity index (χ2v) is 5.55. The highest BCUT2D eigenvalue weighted by Gasteiger charge is 2.44. The second-order valence-electron chi connectivity index (χ2n) is 5.55. The number of nitrogens with one attached hydrogen (secondary N) is 1. The number of methoxy groups -OCH3 is 1. The summed E-state index contributed by atoms with van der Waals surface area (Å²) in [5.41, 5.74) is 7.32. The standard InChI is InChI=1S/C17H20N4O.HI/c1-22-14-6-4-5-13(11-14)17(8-9-17)12-20-16(18)21-15-7-2-3-10-19-15;/h2-7,10-11H,8-9,12H2,1H3,(H3,18,19,20,21);1H. The van der Waals surface area contributed by atoms with E-state index in [9.17, 15) is 0 Å². The maximum absolute atomic E-state index is 5.95. The summed E-state index contributed by atoms with van der Waals surface area (Å²) in [5, 5.41) is 3.01. The van der Waals surface area contributed by atoms with E-state index >= 15 is 0 Å². The first-order valence-electron chi connectivity index (χ1n) is 7.34. The van der Waals surface area contributed by atoms with E-state index in [-0.39, 0.29) is 29.4 Å². The van der Waals surface area contributed by atoms with Crippen LogP contribution in [-0.4, -0.2) is 24.6 Å². The van der Waals surface area contributed by atoms with Crippen molar-refractivity contribution < 1.29 is 4.74 Å². The first-order valence-corrected chi connectivity index (χ1v) is 7.34. The van der Waals surface area contributed by atoms with Crippen molar-refractivity contribution in [3.05, 3.63) is 54.2 Å². The molecule has 1 aromatic carbocycles. The monoisotopic (exact) mass is 424 g/mol. The van der Waals surface area contributed by atoms with Gasteiger partial charge in [-0.2, -0.15) is 0 Å². The number of nitrogens with two attached hydrogens (primary N) is 1. The lowest BCUT2D eigenvalue weighted by Gasteiger charge is -2.14. The number of halogens is 1. The molecule has 0 radical (unpaired) electrons. The van der Waals surface area contributed by atoms with Crippen LogP contribution in [0.15, 0.2) is 53.7 Å². The van der Waals surface area contributed by atoms with E-state index in [0.29, 0.717) is 18.3 Å². The van der Waals surface area contributed by atoms with Crippen LogP contribution in [0.25, 0.3) is 0 Å². The molecule has 3 N–H and O–H groups in total. The average Bonchev–Trinajstić information content (AvgIpc) is 3.35. The Bertz CT molecular complexity index is 671. The van der Waals surface area contributed by atoms with Crippen molar-refractivity contribution in [2.45, 2.75) is 18.3 Å². The molecule has 5 nitrogen and oxygen atoms in total. The Morgan fingerprint density at radius 1 is 1.30 bits per heavy atom. The number of rotatable bonds is 5. The van der Waals surface area contributed by atoms with Gasteiger partial charge in [0.25, 0.3) is 0 Å². The number of hydrogen-bond donors (Lipinski definition) is 2. The molecule has 0 atom stereocenters. The summed E-state index contributed by atoms with van der Waals surface area (Å²) >= 11 is 0. The van der Waals surface area contributed by atoms with Crippen molar-refractivity contribution >= 4 is 35.8 Å². The Balaban J connectivity index is 0.00000192. The number of ether oxygens (including phenoxy) is 1. The minimum absolute atomic E-state index is 0. The first kappa shape index (κ1) is 17.5. The Hall–Kier alpha value is -1.83. The fraction of sp³-hybridized carbons (Fsp3) is 0.294. The second kappa shape index (κ2) is 7.63. The normalized spacial score (nSPS) is 15.4. The van der Waals surface area contributed by atoms with E-state index in [1.807, 2.05) is 30.3 Å². The summed E-state index contributed by atoms with van der Waals surface area (Å²) < 4.78 is 5.30. The predicted octanol–water partition coefficient (Wildman–Crippen LogP) is 3.17. The number of benzene rings is 1. The minimum atomic E-state index is 0. The zero-order valence-corrected chi connectivity index (χ0v) is 15.4. The Kier molecular flexibility index (Phi) is 5.81. The molecule has 6 heteroatoms. The number of aliphatic imine (C=N–C) groups is 1. The molecule has 0 unspecified atom stereocenters. The molecule has 3 rings (SSSR count). The zero-order valence-electron chi connectivity index (χ0n) is 13.0. The predicted molar refractivity (Wildman–Crippen MR) is 104 cm³/mol. The molecule has 1 saturated carbocycles. The van der Waals surface area contributed by atoms with Crippen molar-refractivity contribution in [3.8, 4) is 5.75 Å². The van der Waals surface area contributed by atoms with Crippen molar-refractivity contribution in [1.82, 2.24) is 4.98 Å². The van der Waals surface area contributed by atoms with Gasteiger partial charge >= 0.3 is 0 Å². The van der Waals surface area contributed by atoms with E-state index < -0.39 is 0 Å². The summed E-state index contributed by atoms with van der Waals surface area (Å²) in [5.74, 6) is 1.98. The van der Waals surface area contributed by atoms with Crippen LogP contribution < -0.4 is 15.8 Å². The van der Waals surface area contributed by atoms with Crippen molar-refractivity contribution in [1.29, 1.82) is 0 Å². The summed E-state index contributed by atoms with van der Waals surface area (Å²) in [4.78, 5) is 8.66. The van der Waals surface area contributed by atoms with Crippen LogP contribution >= 0.6 is 24.0 Å². The third kappa shape index (κ3) is 4.34. The lowest BCUT2D eigenvalue weighted by Crippen LogP contribution is -2.25. The van der Waals surface area contributed by atoms with Crippen LogP contribution in [0.3, 0.4) is 0 Å². The first-order chi connectivity index (χ1) is 10.7. The Labute approximate surface area is 153 Å². The minimum Gasteiger partial charge on any atom is -0.497 e. The molecule has 0 aliphatic heterocycles. The Morgan fingerprint density at radius 3 is 2.78 bits per heavy atom. The van der Waals surface area contributed by atoms with Gasteiger partial charge in [-0.25, -0.2) is 4.98 Å². The summed E-state index contributed by atoms with van der Waals surface area (Å²) in [6.07, 6.45) is 3.97. The van der Waals surface area contributed by atoms with E-state index in [4.69, 9.17) is 10.5 Å². The molecule has 0 bridgehead atoms. The quantitative estimate of drug-likeness (QED) is 0.440. The van der Waals surface area contributed by atoms with E-state index in [2.05, 4.69) is 27.4 Å². The summed E-state index contributed by atoms with van der Waals surface area (Å²) in [6.45, 7) is 0.672. The van der Waals surface area contributed by atoms with Gasteiger partial charge in [0.15, 0.2) is 5.96 Å². The van der Waals surface area contributed by atoms with Crippen molar-refractivity contribution in [3.63, 3.8) is 0 Å². The van der Waals surface area contributed by atoms with Gasteiger partial charge in [0, 0.05) is 11.6 Å². The van der Waals surface area contributed by atoms with E-state index in [1.54, 1.807) is 13.3 Å². The van der Waals surface area contributed by atoms with Crippen molar-refractivity contribution in [2.24, 2.45) is 10.7 Å². The third-order valence-electron chi connectivity index (χ3n) is 4.01. The summed E-state index contributed by atoms with van der Waals surface area (Å²) in [7, 11) is 1.69. The fourth-order valence-electron chi connectivity index (χ4n) is 2.49. The number of aromatic nitrogens is 1. The van der Waals surface area contributed by atoms with Gasteiger partial charge in [-0.1, -0.05) is 18.2 Å². The lowest BCUT2D eigenvalue weighted by molar-refractivity contribution is 0.413. The number of anilines is 1. The molecule has 23 heavy (non-hydrogen) atoms. The fourth-order valence-corrected chi connectivity index (χ4v) is 2.49. The smallest absolute Gasteiger partial charge is 0.194 e. The van der Waals surface area contributed by atoms with E-state index in [1.165, 1.54) is 5.56 Å². The molecule has 1 fully saturated rings. The van der Waals surface area contributed by atoms with Crippen LogP contribution in [0.2, 0.25) is 0 Å². The molecule has 1 aliphatic rings. The molecule has 1 heterocycles. The summed E-state index contributed by atoms with van der Waals surface area (Å²) in [6, 6.07) is 13.8. The maximum atomic E-state index is 5.95. The number of pyridine rings is 1. The number of guanidine groups is 1. The van der Waals surface area contributed by atoms with E-state index in [0.717, 1.165) is 18.6 Å². The topological polar surface area (TPSA) is 72.5 Å². The highest BCUT2D eigenvalue weighted by molar-refractivity contribution is 14.0. The SMILES string of the molecule is COc1cccc(C2(CN=C(N)Nc3ccccn3)CC2)c1.I. The average molecular weight is 424 g/mol. The number of hydrogen-bond acceptors (Lipinski definition) is 3. The van der Waals surface area contributed by atoms with Gasteiger partial charge in [0.1, 0.15) is 11.6 Å². The van der Waals surface area contributed by atoms with Gasteiger partial charge in [-0.05, 0) is 42.7 Å². The van der Waals surface area contributed by atoms with Gasteiger partial charge < -0.3 is 15.8 Å². The molecular weight excluding hydrogens is 403 g/mol. The molecular formula is C17H21IN4O. The van der Waals surface area contributed by atoms with Gasteiger partial charge in [0.05, 0.1) is 13.7 Å². The Morgan fingerprint density at radius 2 is 2.13 bits per heavy atom. The zero-order chi connectivity index (χ0) is 15.4. The third-order valence-corrected chi connectivity index (χ3v) is 4.01. The molecule has 0 amide bonds. The maximum Gasteiger partial charge on any atom is 0.194 e. The molecule has 0 spiro atoms.